The lowest BCUT2D eigenvalue weighted by Crippen LogP contribution is -2.39. The van der Waals surface area contributed by atoms with Gasteiger partial charge in [0.15, 0.2) is 5.96 Å². The molecule has 2 rings (SSSR count). The molecule has 0 bridgehead atoms. The molecule has 0 heterocycles. The fourth-order valence-corrected chi connectivity index (χ4v) is 3.88. The van der Waals surface area contributed by atoms with Gasteiger partial charge in [-0.1, -0.05) is 49.4 Å². The van der Waals surface area contributed by atoms with Crippen LogP contribution in [0.1, 0.15) is 30.4 Å². The van der Waals surface area contributed by atoms with Crippen LogP contribution in [0.3, 0.4) is 0 Å². The average Bonchev–Trinajstić information content (AvgIpc) is 2.73. The zero-order chi connectivity index (χ0) is 20.2. The molecule has 0 aromatic heterocycles. The van der Waals surface area contributed by atoms with Gasteiger partial charge in [-0.3, -0.25) is 9.20 Å². The Labute approximate surface area is 194 Å². The van der Waals surface area contributed by atoms with Crippen LogP contribution in [0, 0.1) is 0 Å². The molecular formula is C22H32IN3O2S. The minimum atomic E-state index is -0.886. The average molecular weight is 529 g/mol. The van der Waals surface area contributed by atoms with Gasteiger partial charge < -0.3 is 15.4 Å². The van der Waals surface area contributed by atoms with Gasteiger partial charge in [0, 0.05) is 42.4 Å². The van der Waals surface area contributed by atoms with Crippen molar-refractivity contribution in [3.63, 3.8) is 0 Å². The van der Waals surface area contributed by atoms with Crippen molar-refractivity contribution >= 4 is 40.7 Å². The first-order valence-corrected chi connectivity index (χ1v) is 11.1. The second kappa shape index (κ2) is 14.4. The van der Waals surface area contributed by atoms with E-state index in [1.54, 1.807) is 14.2 Å². The smallest absolute Gasteiger partial charge is 0.191 e. The molecule has 0 amide bonds. The van der Waals surface area contributed by atoms with Crippen molar-refractivity contribution in [2.24, 2.45) is 4.99 Å². The van der Waals surface area contributed by atoms with Gasteiger partial charge in [-0.25, -0.2) is 0 Å². The first-order valence-electron chi connectivity index (χ1n) is 9.59. The third kappa shape index (κ3) is 9.62. The number of nitrogens with one attached hydrogen (secondary N) is 2. The topological polar surface area (TPSA) is 62.7 Å². The van der Waals surface area contributed by atoms with Crippen molar-refractivity contribution in [3.05, 3.63) is 65.7 Å². The third-order valence-electron chi connectivity index (χ3n) is 4.57. The van der Waals surface area contributed by atoms with Gasteiger partial charge >= 0.3 is 0 Å². The number of rotatable bonds is 10. The Bertz CT molecular complexity index is 754. The van der Waals surface area contributed by atoms with Crippen molar-refractivity contribution < 1.29 is 8.95 Å². The Morgan fingerprint density at radius 2 is 1.72 bits per heavy atom. The lowest BCUT2D eigenvalue weighted by atomic mass is 9.98. The van der Waals surface area contributed by atoms with E-state index in [-0.39, 0.29) is 24.0 Å². The van der Waals surface area contributed by atoms with Crippen molar-refractivity contribution in [3.8, 4) is 5.75 Å². The molecule has 7 heteroatoms. The van der Waals surface area contributed by atoms with Crippen LogP contribution in [0.15, 0.2) is 59.6 Å². The summed E-state index contributed by atoms with van der Waals surface area (Å²) < 4.78 is 17.4. The number of nitrogens with zero attached hydrogens (tertiary/aromatic N) is 1. The number of methoxy groups -OCH3 is 1. The summed E-state index contributed by atoms with van der Waals surface area (Å²) in [6.45, 7) is 3.67. The second-order valence-corrected chi connectivity index (χ2v) is 8.24. The highest BCUT2D eigenvalue weighted by atomic mass is 127. The predicted octanol–water partition coefficient (Wildman–Crippen LogP) is 3.92. The van der Waals surface area contributed by atoms with E-state index in [1.807, 2.05) is 42.5 Å². The fraction of sp³-hybridized carbons (Fsp3) is 0.409. The summed E-state index contributed by atoms with van der Waals surface area (Å²) in [5.41, 5.74) is 2.40. The molecule has 29 heavy (non-hydrogen) atoms. The molecule has 0 radical (unpaired) electrons. The maximum Gasteiger partial charge on any atom is 0.191 e. The SMILES string of the molecule is CN=C(NCCC(C)c1ccc(OC)cc1)NCCS(=O)Cc1ccccc1.I. The normalized spacial score (nSPS) is 13.1. The number of benzene rings is 2. The van der Waals surface area contributed by atoms with Crippen LogP contribution in [0.2, 0.25) is 0 Å². The molecule has 2 atom stereocenters. The summed E-state index contributed by atoms with van der Waals surface area (Å²) in [5.74, 6) is 3.25. The molecule has 0 aliphatic heterocycles. The van der Waals surface area contributed by atoms with Gasteiger partial charge in [0.1, 0.15) is 5.75 Å². The number of ether oxygens (including phenoxy) is 1. The van der Waals surface area contributed by atoms with E-state index >= 15 is 0 Å². The maximum absolute atomic E-state index is 12.2. The molecule has 2 aromatic carbocycles. The quantitative estimate of drug-likeness (QED) is 0.278. The lowest BCUT2D eigenvalue weighted by Gasteiger charge is -2.15. The van der Waals surface area contributed by atoms with E-state index in [0.717, 1.165) is 30.2 Å². The van der Waals surface area contributed by atoms with Crippen LogP contribution in [0.5, 0.6) is 5.75 Å². The third-order valence-corrected chi connectivity index (χ3v) is 5.89. The van der Waals surface area contributed by atoms with Crippen LogP contribution in [-0.2, 0) is 16.6 Å². The molecule has 2 aromatic rings. The van der Waals surface area contributed by atoms with Gasteiger partial charge in [-0.2, -0.15) is 0 Å². The fourth-order valence-electron chi connectivity index (χ4n) is 2.84. The monoisotopic (exact) mass is 529 g/mol. The zero-order valence-corrected chi connectivity index (χ0v) is 20.5. The van der Waals surface area contributed by atoms with Gasteiger partial charge in [0.25, 0.3) is 0 Å². The van der Waals surface area contributed by atoms with Crippen molar-refractivity contribution in [2.75, 3.05) is 33.0 Å². The molecular weight excluding hydrogens is 497 g/mol. The first kappa shape index (κ1) is 25.4. The number of aliphatic imine (C=N–C) groups is 1. The Morgan fingerprint density at radius 3 is 2.34 bits per heavy atom. The molecule has 5 nitrogen and oxygen atoms in total. The van der Waals surface area contributed by atoms with Crippen LogP contribution in [-0.4, -0.2) is 43.2 Å². The van der Waals surface area contributed by atoms with Crippen LogP contribution < -0.4 is 15.4 Å². The molecule has 0 saturated heterocycles. The molecule has 0 spiro atoms. The minimum absolute atomic E-state index is 0. The summed E-state index contributed by atoms with van der Waals surface area (Å²) in [7, 11) is 2.55. The summed E-state index contributed by atoms with van der Waals surface area (Å²) in [6.07, 6.45) is 0.993. The summed E-state index contributed by atoms with van der Waals surface area (Å²) in [4.78, 5) is 4.24. The molecule has 160 valence electrons. The second-order valence-electron chi connectivity index (χ2n) is 6.66. The van der Waals surface area contributed by atoms with E-state index in [9.17, 15) is 4.21 Å². The van der Waals surface area contributed by atoms with Crippen LogP contribution in [0.4, 0.5) is 0 Å². The van der Waals surface area contributed by atoms with Crippen molar-refractivity contribution in [1.29, 1.82) is 0 Å². The Morgan fingerprint density at radius 1 is 1.07 bits per heavy atom. The highest BCUT2D eigenvalue weighted by Gasteiger charge is 2.07. The van der Waals surface area contributed by atoms with Crippen molar-refractivity contribution in [2.45, 2.75) is 25.0 Å². The Balaban J connectivity index is 0.00000420. The van der Waals surface area contributed by atoms with E-state index < -0.39 is 10.8 Å². The highest BCUT2D eigenvalue weighted by molar-refractivity contribution is 14.0. The van der Waals surface area contributed by atoms with Crippen LogP contribution in [0.25, 0.3) is 0 Å². The van der Waals surface area contributed by atoms with E-state index in [0.29, 0.717) is 24.0 Å². The van der Waals surface area contributed by atoms with E-state index in [2.05, 4.69) is 34.7 Å². The number of guanidine groups is 1. The minimum Gasteiger partial charge on any atom is -0.497 e. The predicted molar refractivity (Wildman–Crippen MR) is 134 cm³/mol. The molecule has 2 N–H and O–H groups in total. The molecule has 0 saturated carbocycles. The summed E-state index contributed by atoms with van der Waals surface area (Å²) >= 11 is 0. The summed E-state index contributed by atoms with van der Waals surface area (Å²) in [6, 6.07) is 18.2. The van der Waals surface area contributed by atoms with Crippen molar-refractivity contribution in [1.82, 2.24) is 10.6 Å². The molecule has 0 fully saturated rings. The standard InChI is InChI=1S/C22H31N3O2S.HI/c1-18(20-9-11-21(27-3)12-10-20)13-14-24-22(23-2)25-15-16-28(26)17-19-7-5-4-6-8-19;/h4-12,18H,13-17H2,1-3H3,(H2,23,24,25);1H. The number of hydrogen-bond acceptors (Lipinski definition) is 3. The number of halogens is 1. The van der Waals surface area contributed by atoms with Gasteiger partial charge in [-0.05, 0) is 35.6 Å². The Kier molecular flexibility index (Phi) is 12.6. The lowest BCUT2D eigenvalue weighted by molar-refractivity contribution is 0.414. The molecule has 0 aliphatic carbocycles. The van der Waals surface area contributed by atoms with Gasteiger partial charge in [0.2, 0.25) is 0 Å². The molecule has 2 unspecified atom stereocenters. The maximum atomic E-state index is 12.2. The Hall–Kier alpha value is -1.61. The largest absolute Gasteiger partial charge is 0.497 e. The highest BCUT2D eigenvalue weighted by Crippen LogP contribution is 2.21. The number of hydrogen-bond donors (Lipinski definition) is 2. The summed E-state index contributed by atoms with van der Waals surface area (Å²) in [5, 5.41) is 6.58. The molecule has 0 aliphatic rings. The van der Waals surface area contributed by atoms with E-state index in [1.165, 1.54) is 5.56 Å². The van der Waals surface area contributed by atoms with Crippen LogP contribution >= 0.6 is 24.0 Å². The van der Waals surface area contributed by atoms with Gasteiger partial charge in [-0.15, -0.1) is 24.0 Å². The van der Waals surface area contributed by atoms with E-state index in [4.69, 9.17) is 4.74 Å². The zero-order valence-electron chi connectivity index (χ0n) is 17.4. The van der Waals surface area contributed by atoms with Gasteiger partial charge in [0.05, 0.1) is 7.11 Å². The first-order chi connectivity index (χ1) is 13.6.